The van der Waals surface area contributed by atoms with E-state index in [1.54, 1.807) is 0 Å². The predicted octanol–water partition coefficient (Wildman–Crippen LogP) is 1.55. The van der Waals surface area contributed by atoms with Crippen molar-refractivity contribution in [1.82, 2.24) is 4.57 Å². The fourth-order valence-electron chi connectivity index (χ4n) is 4.16. The zero-order chi connectivity index (χ0) is 18.5. The molecule has 1 aromatic rings. The van der Waals surface area contributed by atoms with Crippen LogP contribution in [0, 0.1) is 25.2 Å². The lowest BCUT2D eigenvalue weighted by Gasteiger charge is -2.19. The van der Waals surface area contributed by atoms with Crippen LogP contribution in [0.2, 0.25) is 0 Å². The topological polar surface area (TPSA) is 71.5 Å². The van der Waals surface area contributed by atoms with Crippen molar-refractivity contribution in [3.05, 3.63) is 16.8 Å². The summed E-state index contributed by atoms with van der Waals surface area (Å²) in [5, 5.41) is 12.7. The van der Waals surface area contributed by atoms with Crippen molar-refractivity contribution in [1.29, 1.82) is 5.26 Å². The molecule has 0 unspecified atom stereocenters. The molecule has 2 fully saturated rings. The molecule has 6 nitrogen and oxygen atoms in total. The number of ether oxygens (including phenoxy) is 1. The van der Waals surface area contributed by atoms with Crippen molar-refractivity contribution < 1.29 is 14.4 Å². The summed E-state index contributed by atoms with van der Waals surface area (Å²) < 4.78 is 7.84. The van der Waals surface area contributed by atoms with E-state index in [0.29, 0.717) is 24.5 Å². The van der Waals surface area contributed by atoms with Crippen LogP contribution in [-0.4, -0.2) is 42.8 Å². The largest absolute Gasteiger partial charge is 0.376 e. The first-order chi connectivity index (χ1) is 12.6. The highest BCUT2D eigenvalue weighted by Crippen LogP contribution is 2.28. The van der Waals surface area contributed by atoms with E-state index in [1.165, 1.54) is 30.6 Å². The van der Waals surface area contributed by atoms with Gasteiger partial charge in [-0.3, -0.25) is 4.79 Å². The summed E-state index contributed by atoms with van der Waals surface area (Å²) >= 11 is 0. The summed E-state index contributed by atoms with van der Waals surface area (Å²) in [6.45, 7) is 8.07. The predicted molar refractivity (Wildman–Crippen MR) is 100 cm³/mol. The molecule has 3 rings (SSSR count). The maximum atomic E-state index is 12.7. The number of rotatable bonds is 5. The Balaban J connectivity index is 1.75. The molecule has 0 spiro atoms. The summed E-state index contributed by atoms with van der Waals surface area (Å²) in [7, 11) is 0. The van der Waals surface area contributed by atoms with Crippen LogP contribution in [0.25, 0.3) is 0 Å². The molecule has 0 aliphatic carbocycles. The quantitative estimate of drug-likeness (QED) is 0.838. The van der Waals surface area contributed by atoms with Crippen LogP contribution in [0.15, 0.2) is 0 Å². The van der Waals surface area contributed by atoms with Gasteiger partial charge in [0.25, 0.3) is 5.91 Å². The van der Waals surface area contributed by atoms with Crippen LogP contribution in [0.1, 0.15) is 55.3 Å². The van der Waals surface area contributed by atoms with E-state index in [4.69, 9.17) is 4.74 Å². The normalized spacial score (nSPS) is 21.3. The summed E-state index contributed by atoms with van der Waals surface area (Å²) in [5.41, 5.74) is 2.57. The van der Waals surface area contributed by atoms with Crippen LogP contribution in [0.5, 0.6) is 0 Å². The molecular formula is C20H31N4O2+. The first-order valence-corrected chi connectivity index (χ1v) is 9.95. The molecule has 6 heteroatoms. The Morgan fingerprint density at radius 3 is 2.62 bits per heavy atom. The number of hydrogen-bond donors (Lipinski definition) is 2. The Kier molecular flexibility index (Phi) is 6.33. The molecule has 2 N–H and O–H groups in total. The Bertz CT molecular complexity index is 675. The van der Waals surface area contributed by atoms with Gasteiger partial charge < -0.3 is 19.5 Å². The Labute approximate surface area is 156 Å². The maximum absolute atomic E-state index is 12.7. The standard InChI is InChI=1S/C20H30N4O2/c1-15-16(2)24(13-17-8-7-11-26-17)20(18(15)12-21)22-19(25)14-23-9-5-3-4-6-10-23/h17H,3-11,13-14H2,1-2H3,(H,22,25)/p+1/t17-/m1/s1. The van der Waals surface area contributed by atoms with E-state index in [-0.39, 0.29) is 12.0 Å². The van der Waals surface area contributed by atoms with Gasteiger partial charge in [0.05, 0.1) is 31.3 Å². The minimum Gasteiger partial charge on any atom is -0.376 e. The molecule has 0 saturated carbocycles. The third-order valence-electron chi connectivity index (χ3n) is 5.83. The Hall–Kier alpha value is -1.84. The molecule has 26 heavy (non-hydrogen) atoms. The Morgan fingerprint density at radius 2 is 2.00 bits per heavy atom. The fraction of sp³-hybridized carbons (Fsp3) is 0.700. The maximum Gasteiger partial charge on any atom is 0.280 e. The molecule has 0 bridgehead atoms. The van der Waals surface area contributed by atoms with Crippen molar-refractivity contribution in [3.63, 3.8) is 0 Å². The van der Waals surface area contributed by atoms with Crippen LogP contribution in [-0.2, 0) is 16.1 Å². The second kappa shape index (κ2) is 8.70. The number of carbonyl (C=O) groups excluding carboxylic acids is 1. The van der Waals surface area contributed by atoms with Crippen molar-refractivity contribution in [2.24, 2.45) is 0 Å². The highest BCUT2D eigenvalue weighted by molar-refractivity contribution is 5.92. The van der Waals surface area contributed by atoms with Gasteiger partial charge >= 0.3 is 0 Å². The van der Waals surface area contributed by atoms with Gasteiger partial charge in [-0.2, -0.15) is 5.26 Å². The number of amides is 1. The molecule has 0 aromatic carbocycles. The third-order valence-corrected chi connectivity index (χ3v) is 5.83. The molecule has 1 amide bonds. The monoisotopic (exact) mass is 359 g/mol. The molecule has 0 radical (unpaired) electrons. The highest BCUT2D eigenvalue weighted by atomic mass is 16.5. The first-order valence-electron chi connectivity index (χ1n) is 9.95. The van der Waals surface area contributed by atoms with Crippen molar-refractivity contribution in [2.45, 2.75) is 65.0 Å². The lowest BCUT2D eigenvalue weighted by Crippen LogP contribution is -3.12. The lowest BCUT2D eigenvalue weighted by atomic mass is 10.2. The molecule has 1 atom stereocenters. The molecule has 2 aliphatic heterocycles. The van der Waals surface area contributed by atoms with Gasteiger partial charge in [0.1, 0.15) is 11.9 Å². The average molecular weight is 359 g/mol. The van der Waals surface area contributed by atoms with E-state index in [2.05, 4.69) is 16.0 Å². The summed E-state index contributed by atoms with van der Waals surface area (Å²) in [5.74, 6) is 0.654. The number of aromatic nitrogens is 1. The minimum atomic E-state index is 0.00416. The molecule has 2 aliphatic rings. The average Bonchev–Trinajstić information content (AvgIpc) is 3.10. The number of anilines is 1. The highest BCUT2D eigenvalue weighted by Gasteiger charge is 2.25. The molecule has 2 saturated heterocycles. The number of likely N-dealkylation sites (tertiary alicyclic amines) is 1. The third kappa shape index (κ3) is 4.28. The van der Waals surface area contributed by atoms with E-state index in [9.17, 15) is 10.1 Å². The van der Waals surface area contributed by atoms with Crippen molar-refractivity contribution >= 4 is 11.7 Å². The zero-order valence-electron chi connectivity index (χ0n) is 16.1. The van der Waals surface area contributed by atoms with E-state index < -0.39 is 0 Å². The summed E-state index contributed by atoms with van der Waals surface area (Å²) in [4.78, 5) is 14.0. The number of hydrogen-bond acceptors (Lipinski definition) is 3. The van der Waals surface area contributed by atoms with Crippen LogP contribution >= 0.6 is 0 Å². The Morgan fingerprint density at radius 1 is 1.27 bits per heavy atom. The van der Waals surface area contributed by atoms with Gasteiger partial charge in [-0.1, -0.05) is 0 Å². The van der Waals surface area contributed by atoms with Gasteiger partial charge in [-0.25, -0.2) is 0 Å². The number of carbonyl (C=O) groups is 1. The molecule has 142 valence electrons. The van der Waals surface area contributed by atoms with Gasteiger partial charge in [-0.15, -0.1) is 0 Å². The van der Waals surface area contributed by atoms with E-state index in [1.807, 2.05) is 13.8 Å². The van der Waals surface area contributed by atoms with E-state index in [0.717, 1.165) is 43.8 Å². The second-order valence-corrected chi connectivity index (χ2v) is 7.68. The summed E-state index contributed by atoms with van der Waals surface area (Å²) in [6.07, 6.45) is 7.20. The van der Waals surface area contributed by atoms with Crippen LogP contribution in [0.3, 0.4) is 0 Å². The fourth-order valence-corrected chi connectivity index (χ4v) is 4.16. The molecule has 1 aromatic heterocycles. The lowest BCUT2D eigenvalue weighted by molar-refractivity contribution is -0.890. The van der Waals surface area contributed by atoms with Crippen LogP contribution in [0.4, 0.5) is 5.82 Å². The molecule has 3 heterocycles. The van der Waals surface area contributed by atoms with E-state index >= 15 is 0 Å². The molecular weight excluding hydrogens is 328 g/mol. The van der Waals surface area contributed by atoms with Crippen LogP contribution < -0.4 is 10.2 Å². The van der Waals surface area contributed by atoms with Gasteiger partial charge in [-0.05, 0) is 57.9 Å². The number of quaternary nitrogens is 1. The van der Waals surface area contributed by atoms with Gasteiger partial charge in [0.2, 0.25) is 0 Å². The smallest absolute Gasteiger partial charge is 0.280 e. The SMILES string of the molecule is Cc1c(C#N)c(NC(=O)C[NH+]2CCCCCC2)n(C[C@H]2CCCO2)c1C. The van der Waals surface area contributed by atoms with Gasteiger partial charge in [0.15, 0.2) is 6.54 Å². The number of nitrogens with one attached hydrogen (secondary N) is 2. The van der Waals surface area contributed by atoms with Gasteiger partial charge in [0, 0.05) is 12.3 Å². The second-order valence-electron chi connectivity index (χ2n) is 7.68. The number of nitriles is 1. The van der Waals surface area contributed by atoms with Crippen molar-refractivity contribution in [2.75, 3.05) is 31.6 Å². The minimum absolute atomic E-state index is 0.00416. The first kappa shape index (κ1) is 18.9. The number of nitrogens with zero attached hydrogens (tertiary/aromatic N) is 2. The zero-order valence-corrected chi connectivity index (χ0v) is 16.1. The van der Waals surface area contributed by atoms with Crippen molar-refractivity contribution in [3.8, 4) is 6.07 Å². The summed E-state index contributed by atoms with van der Waals surface area (Å²) in [6, 6.07) is 2.29.